The Morgan fingerprint density at radius 2 is 2.21 bits per heavy atom. The van der Waals surface area contributed by atoms with Crippen LogP contribution in [0, 0.1) is 0 Å². The Morgan fingerprint density at radius 3 is 2.95 bits per heavy atom. The van der Waals surface area contributed by atoms with Crippen molar-refractivity contribution in [3.05, 3.63) is 54.4 Å². The first kappa shape index (κ1) is 13.3. The van der Waals surface area contributed by atoms with Crippen LogP contribution in [0.2, 0.25) is 0 Å². The first-order valence-corrected chi connectivity index (χ1v) is 6.26. The number of nitrogens with one attached hydrogen (secondary N) is 2. The van der Waals surface area contributed by atoms with Gasteiger partial charge in [-0.05, 0) is 42.0 Å². The topological polar surface area (TPSA) is 46.2 Å². The van der Waals surface area contributed by atoms with Crippen LogP contribution in [0.4, 0.5) is 5.69 Å². The van der Waals surface area contributed by atoms with Gasteiger partial charge in [-0.15, -0.1) is 0 Å². The van der Waals surface area contributed by atoms with Crippen LogP contribution in [0.25, 0.3) is 0 Å². The molecule has 4 nitrogen and oxygen atoms in total. The fourth-order valence-electron chi connectivity index (χ4n) is 1.58. The summed E-state index contributed by atoms with van der Waals surface area (Å²) in [5.74, 6) is 0.838. The van der Waals surface area contributed by atoms with Gasteiger partial charge in [0.05, 0.1) is 19.0 Å². The number of hydrogen-bond acceptors (Lipinski definition) is 3. The lowest BCUT2D eigenvalue weighted by Crippen LogP contribution is -2.27. The molecule has 0 atom stereocenters. The van der Waals surface area contributed by atoms with Gasteiger partial charge in [0.15, 0.2) is 5.11 Å². The van der Waals surface area contributed by atoms with Crippen molar-refractivity contribution < 1.29 is 4.74 Å². The number of methoxy groups -OCH3 is 1. The number of rotatable bonds is 4. The van der Waals surface area contributed by atoms with E-state index in [4.69, 9.17) is 17.0 Å². The largest absolute Gasteiger partial charge is 0.497 e. The minimum atomic E-state index is 0.566. The summed E-state index contributed by atoms with van der Waals surface area (Å²) in [6.07, 6.45) is 3.44. The highest BCUT2D eigenvalue weighted by Gasteiger charge is 1.99. The predicted molar refractivity (Wildman–Crippen MR) is 80.3 cm³/mol. The third-order valence-corrected chi connectivity index (χ3v) is 2.75. The van der Waals surface area contributed by atoms with Crippen LogP contribution in [0.5, 0.6) is 5.75 Å². The first-order chi connectivity index (χ1) is 9.28. The molecule has 98 valence electrons. The van der Waals surface area contributed by atoms with E-state index in [9.17, 15) is 0 Å². The molecule has 0 saturated heterocycles. The maximum absolute atomic E-state index is 5.22. The molecule has 0 spiro atoms. The molecule has 0 aliphatic carbocycles. The summed E-state index contributed by atoms with van der Waals surface area (Å²) in [6, 6.07) is 11.6. The number of aromatic nitrogens is 1. The van der Waals surface area contributed by atoms with Gasteiger partial charge in [0, 0.05) is 12.7 Å². The molecule has 0 fully saturated rings. The minimum Gasteiger partial charge on any atom is -0.497 e. The van der Waals surface area contributed by atoms with E-state index in [1.54, 1.807) is 19.5 Å². The fourth-order valence-corrected chi connectivity index (χ4v) is 1.77. The van der Waals surface area contributed by atoms with Crippen LogP contribution in [-0.2, 0) is 6.54 Å². The van der Waals surface area contributed by atoms with E-state index in [2.05, 4.69) is 15.6 Å². The lowest BCUT2D eigenvalue weighted by Gasteiger charge is -2.10. The van der Waals surface area contributed by atoms with Crippen molar-refractivity contribution in [3.8, 4) is 5.75 Å². The standard InChI is InChI=1S/C14H15N3OS/c1-18-13-6-2-4-11(8-13)9-16-14(19)17-12-5-3-7-15-10-12/h2-8,10H,9H2,1H3,(H2,16,17,19). The normalized spacial score (nSPS) is 9.74. The van der Waals surface area contributed by atoms with E-state index < -0.39 is 0 Å². The summed E-state index contributed by atoms with van der Waals surface area (Å²) >= 11 is 5.22. The van der Waals surface area contributed by atoms with Crippen molar-refractivity contribution in [2.24, 2.45) is 0 Å². The lowest BCUT2D eigenvalue weighted by atomic mass is 10.2. The van der Waals surface area contributed by atoms with Crippen LogP contribution < -0.4 is 15.4 Å². The third-order valence-electron chi connectivity index (χ3n) is 2.51. The summed E-state index contributed by atoms with van der Waals surface area (Å²) in [5, 5.41) is 6.77. The zero-order valence-corrected chi connectivity index (χ0v) is 11.4. The molecule has 2 rings (SSSR count). The number of nitrogens with zero attached hydrogens (tertiary/aromatic N) is 1. The summed E-state index contributed by atoms with van der Waals surface area (Å²) in [6.45, 7) is 0.642. The Bertz CT molecular complexity index is 545. The highest BCUT2D eigenvalue weighted by atomic mass is 32.1. The van der Waals surface area contributed by atoms with E-state index in [-0.39, 0.29) is 0 Å². The number of thiocarbonyl (C=S) groups is 1. The van der Waals surface area contributed by atoms with Crippen molar-refractivity contribution in [1.82, 2.24) is 10.3 Å². The zero-order valence-electron chi connectivity index (χ0n) is 10.6. The molecule has 0 unspecified atom stereocenters. The Kier molecular flexibility index (Phi) is 4.69. The second-order valence-electron chi connectivity index (χ2n) is 3.90. The molecular weight excluding hydrogens is 258 g/mol. The quantitative estimate of drug-likeness (QED) is 0.838. The molecule has 1 aromatic heterocycles. The van der Waals surface area contributed by atoms with Gasteiger partial charge in [0.2, 0.25) is 0 Å². The Morgan fingerprint density at radius 1 is 1.32 bits per heavy atom. The van der Waals surface area contributed by atoms with Gasteiger partial charge in [0.1, 0.15) is 5.75 Å². The van der Waals surface area contributed by atoms with Crippen molar-refractivity contribution in [3.63, 3.8) is 0 Å². The minimum absolute atomic E-state index is 0.566. The van der Waals surface area contributed by atoms with Gasteiger partial charge in [-0.2, -0.15) is 0 Å². The summed E-state index contributed by atoms with van der Waals surface area (Å²) in [5.41, 5.74) is 1.97. The van der Waals surface area contributed by atoms with E-state index in [0.29, 0.717) is 11.7 Å². The van der Waals surface area contributed by atoms with Gasteiger partial charge < -0.3 is 15.4 Å². The Hall–Kier alpha value is -2.14. The van der Waals surface area contributed by atoms with Gasteiger partial charge in [-0.1, -0.05) is 12.1 Å². The summed E-state index contributed by atoms with van der Waals surface area (Å²) in [4.78, 5) is 4.01. The second-order valence-corrected chi connectivity index (χ2v) is 4.31. The summed E-state index contributed by atoms with van der Waals surface area (Å²) < 4.78 is 5.17. The monoisotopic (exact) mass is 273 g/mol. The first-order valence-electron chi connectivity index (χ1n) is 5.86. The molecule has 19 heavy (non-hydrogen) atoms. The molecule has 0 radical (unpaired) electrons. The van der Waals surface area contributed by atoms with Gasteiger partial charge in [0.25, 0.3) is 0 Å². The van der Waals surface area contributed by atoms with Crippen LogP contribution >= 0.6 is 12.2 Å². The average molecular weight is 273 g/mol. The molecular formula is C14H15N3OS. The number of ether oxygens (including phenoxy) is 1. The lowest BCUT2D eigenvalue weighted by molar-refractivity contribution is 0.414. The van der Waals surface area contributed by atoms with Crippen LogP contribution in [-0.4, -0.2) is 17.2 Å². The van der Waals surface area contributed by atoms with E-state index in [1.165, 1.54) is 0 Å². The van der Waals surface area contributed by atoms with Gasteiger partial charge >= 0.3 is 0 Å². The molecule has 0 aliphatic rings. The maximum atomic E-state index is 5.22. The van der Waals surface area contributed by atoms with E-state index >= 15 is 0 Å². The van der Waals surface area contributed by atoms with E-state index in [1.807, 2.05) is 36.4 Å². The van der Waals surface area contributed by atoms with Gasteiger partial charge in [-0.25, -0.2) is 0 Å². The molecule has 0 bridgehead atoms. The van der Waals surface area contributed by atoms with Crippen LogP contribution in [0.3, 0.4) is 0 Å². The van der Waals surface area contributed by atoms with Gasteiger partial charge in [-0.3, -0.25) is 4.98 Å². The highest BCUT2D eigenvalue weighted by molar-refractivity contribution is 7.80. The zero-order chi connectivity index (χ0) is 13.5. The SMILES string of the molecule is COc1cccc(CNC(=S)Nc2cccnc2)c1. The number of pyridine rings is 1. The Balaban J connectivity index is 1.86. The number of hydrogen-bond donors (Lipinski definition) is 2. The molecule has 5 heteroatoms. The molecule has 0 amide bonds. The molecule has 2 N–H and O–H groups in total. The number of benzene rings is 1. The van der Waals surface area contributed by atoms with Crippen molar-refractivity contribution in [2.45, 2.75) is 6.54 Å². The maximum Gasteiger partial charge on any atom is 0.171 e. The van der Waals surface area contributed by atoms with Crippen molar-refractivity contribution in [2.75, 3.05) is 12.4 Å². The van der Waals surface area contributed by atoms with Crippen molar-refractivity contribution >= 4 is 23.0 Å². The molecule has 1 heterocycles. The number of anilines is 1. The highest BCUT2D eigenvalue weighted by Crippen LogP contribution is 2.12. The second kappa shape index (κ2) is 6.70. The van der Waals surface area contributed by atoms with E-state index in [0.717, 1.165) is 17.0 Å². The Labute approximate surface area is 117 Å². The van der Waals surface area contributed by atoms with Crippen LogP contribution in [0.15, 0.2) is 48.8 Å². The predicted octanol–water partition coefficient (Wildman–Crippen LogP) is 2.58. The van der Waals surface area contributed by atoms with Crippen LogP contribution in [0.1, 0.15) is 5.56 Å². The smallest absolute Gasteiger partial charge is 0.171 e. The molecule has 0 saturated carbocycles. The fraction of sp³-hybridized carbons (Fsp3) is 0.143. The molecule has 2 aromatic rings. The molecule has 0 aliphatic heterocycles. The molecule has 1 aromatic carbocycles. The third kappa shape index (κ3) is 4.22. The average Bonchev–Trinajstić information content (AvgIpc) is 2.46. The van der Waals surface area contributed by atoms with Crippen molar-refractivity contribution in [1.29, 1.82) is 0 Å². The summed E-state index contributed by atoms with van der Waals surface area (Å²) in [7, 11) is 1.65.